The van der Waals surface area contributed by atoms with Gasteiger partial charge in [-0.15, -0.1) is 0 Å². The summed E-state index contributed by atoms with van der Waals surface area (Å²) in [5.41, 5.74) is 2.11. The third kappa shape index (κ3) is 2.34. The van der Waals surface area contributed by atoms with Crippen LogP contribution in [0.25, 0.3) is 0 Å². The van der Waals surface area contributed by atoms with Gasteiger partial charge in [-0.3, -0.25) is 0 Å². The molecule has 82 valence electrons. The lowest BCUT2D eigenvalue weighted by atomic mass is 10.0. The lowest BCUT2D eigenvalue weighted by Gasteiger charge is -2.13. The lowest BCUT2D eigenvalue weighted by Crippen LogP contribution is -2.23. The van der Waals surface area contributed by atoms with Gasteiger partial charge in [0.2, 0.25) is 0 Å². The Hall–Kier alpha value is -0.540. The number of phenolic OH excluding ortho intramolecular Hbond substituents is 1. The van der Waals surface area contributed by atoms with Crippen molar-refractivity contribution in [3.05, 3.63) is 27.7 Å². The van der Waals surface area contributed by atoms with Gasteiger partial charge in [0.05, 0.1) is 4.47 Å². The number of aromatic hydroxyl groups is 1. The van der Waals surface area contributed by atoms with Gasteiger partial charge in [0.15, 0.2) is 0 Å². The molecule has 1 unspecified atom stereocenters. The van der Waals surface area contributed by atoms with Crippen LogP contribution in [0, 0.1) is 6.92 Å². The van der Waals surface area contributed by atoms with E-state index >= 15 is 0 Å². The van der Waals surface area contributed by atoms with Crippen molar-refractivity contribution in [1.29, 1.82) is 0 Å². The fourth-order valence-electron chi connectivity index (χ4n) is 2.06. The monoisotopic (exact) mass is 269 g/mol. The Kier molecular flexibility index (Phi) is 3.32. The summed E-state index contributed by atoms with van der Waals surface area (Å²) in [7, 11) is 0. The van der Waals surface area contributed by atoms with Crippen LogP contribution < -0.4 is 5.32 Å². The van der Waals surface area contributed by atoms with Gasteiger partial charge in [0.25, 0.3) is 0 Å². The maximum Gasteiger partial charge on any atom is 0.132 e. The second-order valence-electron chi connectivity index (χ2n) is 4.20. The molecule has 1 fully saturated rings. The van der Waals surface area contributed by atoms with Gasteiger partial charge in [0.1, 0.15) is 5.75 Å². The minimum Gasteiger partial charge on any atom is -0.506 e. The Bertz CT molecular complexity index is 359. The second kappa shape index (κ2) is 4.54. The number of hydrogen-bond acceptors (Lipinski definition) is 2. The first kappa shape index (κ1) is 11.0. The maximum absolute atomic E-state index is 9.79. The van der Waals surface area contributed by atoms with Gasteiger partial charge in [-0.2, -0.15) is 0 Å². The zero-order valence-electron chi connectivity index (χ0n) is 8.89. The zero-order valence-corrected chi connectivity index (χ0v) is 10.5. The molecule has 0 saturated carbocycles. The normalized spacial score (nSPS) is 20.8. The van der Waals surface area contributed by atoms with Crippen LogP contribution >= 0.6 is 15.9 Å². The molecule has 1 aromatic rings. The lowest BCUT2D eigenvalue weighted by molar-refractivity contribution is 0.466. The maximum atomic E-state index is 9.79. The molecule has 1 atom stereocenters. The molecule has 1 aliphatic rings. The van der Waals surface area contributed by atoms with Crippen LogP contribution in [0.15, 0.2) is 16.6 Å². The van der Waals surface area contributed by atoms with Crippen LogP contribution in [0.1, 0.15) is 24.0 Å². The summed E-state index contributed by atoms with van der Waals surface area (Å²) in [6, 6.07) is 4.65. The molecule has 3 heteroatoms. The number of benzene rings is 1. The molecule has 0 aliphatic carbocycles. The van der Waals surface area contributed by atoms with Gasteiger partial charge in [-0.05, 0) is 59.8 Å². The smallest absolute Gasteiger partial charge is 0.132 e. The Morgan fingerprint density at radius 1 is 1.53 bits per heavy atom. The summed E-state index contributed by atoms with van der Waals surface area (Å²) >= 11 is 3.46. The van der Waals surface area contributed by atoms with E-state index in [-0.39, 0.29) is 0 Å². The molecule has 0 amide bonds. The molecule has 2 nitrogen and oxygen atoms in total. The van der Waals surface area contributed by atoms with E-state index in [0.29, 0.717) is 11.8 Å². The first-order valence-electron chi connectivity index (χ1n) is 5.39. The third-order valence-electron chi connectivity index (χ3n) is 3.03. The highest BCUT2D eigenvalue weighted by atomic mass is 79.9. The second-order valence-corrected chi connectivity index (χ2v) is 4.99. The van der Waals surface area contributed by atoms with Crippen LogP contribution in [0.2, 0.25) is 0 Å². The fourth-order valence-corrected chi connectivity index (χ4v) is 2.66. The Balaban J connectivity index is 2.17. The first-order valence-corrected chi connectivity index (χ1v) is 6.18. The van der Waals surface area contributed by atoms with Gasteiger partial charge < -0.3 is 10.4 Å². The average Bonchev–Trinajstić information content (AvgIpc) is 2.72. The zero-order chi connectivity index (χ0) is 10.8. The minimum atomic E-state index is 0.380. The predicted molar refractivity (Wildman–Crippen MR) is 65.3 cm³/mol. The first-order chi connectivity index (χ1) is 7.18. The Morgan fingerprint density at radius 2 is 2.33 bits per heavy atom. The molecule has 2 rings (SSSR count). The molecule has 0 spiro atoms. The van der Waals surface area contributed by atoms with E-state index in [1.54, 1.807) is 0 Å². The van der Waals surface area contributed by atoms with Crippen LogP contribution in [0.5, 0.6) is 5.75 Å². The van der Waals surface area contributed by atoms with Crippen molar-refractivity contribution in [2.75, 3.05) is 6.54 Å². The summed E-state index contributed by atoms with van der Waals surface area (Å²) in [6.45, 7) is 3.04. The van der Waals surface area contributed by atoms with Crippen LogP contribution in [0.4, 0.5) is 0 Å². The van der Waals surface area contributed by atoms with Crippen LogP contribution in [-0.2, 0) is 6.42 Å². The van der Waals surface area contributed by atoms with E-state index in [9.17, 15) is 5.11 Å². The highest BCUT2D eigenvalue weighted by Crippen LogP contribution is 2.32. The Labute approximate surface area is 98.8 Å². The summed E-state index contributed by atoms with van der Waals surface area (Å²) in [5, 5.41) is 13.3. The molecule has 0 aromatic heterocycles. The van der Waals surface area contributed by atoms with Gasteiger partial charge in [-0.1, -0.05) is 12.1 Å². The molecule has 0 radical (unpaired) electrons. The fraction of sp³-hybridized carbons (Fsp3) is 0.500. The number of halogens is 1. The molecule has 1 aromatic carbocycles. The summed E-state index contributed by atoms with van der Waals surface area (Å²) in [6.07, 6.45) is 3.50. The van der Waals surface area contributed by atoms with Gasteiger partial charge >= 0.3 is 0 Å². The van der Waals surface area contributed by atoms with E-state index in [0.717, 1.165) is 23.0 Å². The van der Waals surface area contributed by atoms with E-state index in [1.807, 2.05) is 13.0 Å². The van der Waals surface area contributed by atoms with E-state index in [4.69, 9.17) is 0 Å². The molecule has 2 N–H and O–H groups in total. The van der Waals surface area contributed by atoms with Crippen molar-refractivity contribution in [1.82, 2.24) is 5.32 Å². The SMILES string of the molecule is Cc1ccc(CC2CCCN2)c(Br)c1O. The summed E-state index contributed by atoms with van der Waals surface area (Å²) in [5.74, 6) is 0.380. The number of hydrogen-bond donors (Lipinski definition) is 2. The molecule has 1 saturated heterocycles. The molecular formula is C12H16BrNO. The molecule has 0 bridgehead atoms. The number of rotatable bonds is 2. The third-order valence-corrected chi connectivity index (χ3v) is 3.91. The predicted octanol–water partition coefficient (Wildman–Crippen LogP) is 2.76. The van der Waals surface area contributed by atoms with Crippen molar-refractivity contribution < 1.29 is 5.11 Å². The Morgan fingerprint density at radius 3 is 3.00 bits per heavy atom. The standard InChI is InChI=1S/C12H16BrNO/c1-8-4-5-9(11(13)12(8)15)7-10-3-2-6-14-10/h4-5,10,14-15H,2-3,6-7H2,1H3. The molecule has 1 heterocycles. The highest BCUT2D eigenvalue weighted by Gasteiger charge is 2.17. The van der Waals surface area contributed by atoms with E-state index in [1.165, 1.54) is 18.4 Å². The topological polar surface area (TPSA) is 32.3 Å². The number of aryl methyl sites for hydroxylation is 1. The van der Waals surface area contributed by atoms with E-state index in [2.05, 4.69) is 27.3 Å². The summed E-state index contributed by atoms with van der Waals surface area (Å²) < 4.78 is 0.858. The van der Waals surface area contributed by atoms with Crippen molar-refractivity contribution >= 4 is 15.9 Å². The average molecular weight is 270 g/mol. The van der Waals surface area contributed by atoms with Crippen molar-refractivity contribution in [3.63, 3.8) is 0 Å². The van der Waals surface area contributed by atoms with Crippen molar-refractivity contribution in [2.24, 2.45) is 0 Å². The number of phenols is 1. The van der Waals surface area contributed by atoms with E-state index < -0.39 is 0 Å². The minimum absolute atomic E-state index is 0.380. The molecule has 15 heavy (non-hydrogen) atoms. The quantitative estimate of drug-likeness (QED) is 0.866. The van der Waals surface area contributed by atoms with Crippen molar-refractivity contribution in [2.45, 2.75) is 32.2 Å². The highest BCUT2D eigenvalue weighted by molar-refractivity contribution is 9.10. The van der Waals surface area contributed by atoms with Crippen LogP contribution in [0.3, 0.4) is 0 Å². The van der Waals surface area contributed by atoms with Gasteiger partial charge in [-0.25, -0.2) is 0 Å². The molecule has 1 aliphatic heterocycles. The molecular weight excluding hydrogens is 254 g/mol. The van der Waals surface area contributed by atoms with Gasteiger partial charge in [0, 0.05) is 6.04 Å². The number of nitrogens with one attached hydrogen (secondary N) is 1. The summed E-state index contributed by atoms with van der Waals surface area (Å²) in [4.78, 5) is 0. The van der Waals surface area contributed by atoms with Crippen LogP contribution in [-0.4, -0.2) is 17.7 Å². The largest absolute Gasteiger partial charge is 0.506 e. The van der Waals surface area contributed by atoms with Crippen molar-refractivity contribution in [3.8, 4) is 5.75 Å².